The fraction of sp³-hybridized carbons (Fsp3) is 0.286. The maximum absolute atomic E-state index is 12.5. The molecule has 2 aromatic rings. The molecule has 2 heterocycles. The molecule has 2 aromatic carbocycles. The molecule has 0 bridgehead atoms. The van der Waals surface area contributed by atoms with Gasteiger partial charge in [0.2, 0.25) is 0 Å². The number of fused-ring (bicyclic) bond motifs is 1. The quantitative estimate of drug-likeness (QED) is 0.919. The standard InChI is InChI=1S/C21H22N2O2/c24-21(17-14-16-6-2-3-7-20(16)25-15-17)22-18-8-10-19(11-9-18)23-12-4-1-5-13-23/h2-3,6-11,14H,1,4-5,12-13,15H2,(H,22,24). The number of carbonyl (C=O) groups is 1. The van der Waals surface area contributed by atoms with Crippen LogP contribution in [0.15, 0.2) is 54.1 Å². The number of ether oxygens (including phenoxy) is 1. The fourth-order valence-corrected chi connectivity index (χ4v) is 3.37. The summed E-state index contributed by atoms with van der Waals surface area (Å²) < 4.78 is 5.66. The van der Waals surface area contributed by atoms with Gasteiger partial charge in [0.25, 0.3) is 5.91 Å². The summed E-state index contributed by atoms with van der Waals surface area (Å²) >= 11 is 0. The summed E-state index contributed by atoms with van der Waals surface area (Å²) in [6.45, 7) is 2.54. The third kappa shape index (κ3) is 3.53. The molecule has 1 amide bonds. The van der Waals surface area contributed by atoms with Gasteiger partial charge in [-0.15, -0.1) is 0 Å². The van der Waals surface area contributed by atoms with Gasteiger partial charge in [0, 0.05) is 30.0 Å². The van der Waals surface area contributed by atoms with Crippen LogP contribution in [-0.2, 0) is 4.79 Å². The van der Waals surface area contributed by atoms with Crippen molar-refractivity contribution < 1.29 is 9.53 Å². The minimum Gasteiger partial charge on any atom is -0.488 e. The number of hydrogen-bond acceptors (Lipinski definition) is 3. The smallest absolute Gasteiger partial charge is 0.255 e. The highest BCUT2D eigenvalue weighted by Crippen LogP contribution is 2.27. The Morgan fingerprint density at radius 3 is 2.52 bits per heavy atom. The molecule has 2 aliphatic heterocycles. The summed E-state index contributed by atoms with van der Waals surface area (Å²) in [6.07, 6.45) is 5.74. The zero-order valence-electron chi connectivity index (χ0n) is 14.2. The molecule has 0 saturated carbocycles. The van der Waals surface area contributed by atoms with Crippen LogP contribution in [0.3, 0.4) is 0 Å². The molecule has 128 valence electrons. The predicted molar refractivity (Wildman–Crippen MR) is 101 cm³/mol. The van der Waals surface area contributed by atoms with Crippen LogP contribution in [0.1, 0.15) is 24.8 Å². The van der Waals surface area contributed by atoms with Gasteiger partial charge in [-0.2, -0.15) is 0 Å². The van der Waals surface area contributed by atoms with E-state index in [1.54, 1.807) is 0 Å². The van der Waals surface area contributed by atoms with Gasteiger partial charge in [0.15, 0.2) is 0 Å². The predicted octanol–water partition coefficient (Wildman–Crippen LogP) is 4.09. The maximum Gasteiger partial charge on any atom is 0.255 e. The van der Waals surface area contributed by atoms with Gasteiger partial charge in [-0.25, -0.2) is 0 Å². The van der Waals surface area contributed by atoms with Crippen LogP contribution in [0.25, 0.3) is 6.08 Å². The molecular formula is C21H22N2O2. The van der Waals surface area contributed by atoms with Crippen LogP contribution >= 0.6 is 0 Å². The molecule has 2 aliphatic rings. The monoisotopic (exact) mass is 334 g/mol. The average molecular weight is 334 g/mol. The van der Waals surface area contributed by atoms with E-state index in [1.165, 1.54) is 24.9 Å². The van der Waals surface area contributed by atoms with Crippen molar-refractivity contribution in [2.75, 3.05) is 29.9 Å². The van der Waals surface area contributed by atoms with Crippen LogP contribution in [0.4, 0.5) is 11.4 Å². The molecule has 0 spiro atoms. The van der Waals surface area contributed by atoms with Crippen molar-refractivity contribution in [2.45, 2.75) is 19.3 Å². The van der Waals surface area contributed by atoms with E-state index < -0.39 is 0 Å². The van der Waals surface area contributed by atoms with Gasteiger partial charge in [0.05, 0.1) is 5.57 Å². The van der Waals surface area contributed by atoms with E-state index in [0.29, 0.717) is 12.2 Å². The number of amides is 1. The molecule has 4 rings (SSSR count). The number of para-hydroxylation sites is 1. The third-order valence-corrected chi connectivity index (χ3v) is 4.77. The first-order valence-corrected chi connectivity index (χ1v) is 8.88. The minimum absolute atomic E-state index is 0.111. The lowest BCUT2D eigenvalue weighted by molar-refractivity contribution is -0.113. The average Bonchev–Trinajstić information content (AvgIpc) is 2.69. The fourth-order valence-electron chi connectivity index (χ4n) is 3.37. The maximum atomic E-state index is 12.5. The second kappa shape index (κ2) is 7.01. The Kier molecular flexibility index (Phi) is 4.42. The molecule has 4 nitrogen and oxygen atoms in total. The van der Waals surface area contributed by atoms with Crippen molar-refractivity contribution in [3.63, 3.8) is 0 Å². The van der Waals surface area contributed by atoms with E-state index in [1.807, 2.05) is 42.5 Å². The third-order valence-electron chi connectivity index (χ3n) is 4.77. The number of carbonyl (C=O) groups excluding carboxylic acids is 1. The normalized spacial score (nSPS) is 16.5. The van der Waals surface area contributed by atoms with E-state index in [9.17, 15) is 4.79 Å². The van der Waals surface area contributed by atoms with Crippen molar-refractivity contribution >= 4 is 23.4 Å². The molecular weight excluding hydrogens is 312 g/mol. The SMILES string of the molecule is O=C(Nc1ccc(N2CCCCC2)cc1)C1=Cc2ccccc2OC1. The highest BCUT2D eigenvalue weighted by molar-refractivity contribution is 6.07. The molecule has 1 N–H and O–H groups in total. The number of anilines is 2. The minimum atomic E-state index is -0.111. The van der Waals surface area contributed by atoms with Gasteiger partial charge >= 0.3 is 0 Å². The molecule has 1 saturated heterocycles. The summed E-state index contributed by atoms with van der Waals surface area (Å²) in [5.41, 5.74) is 3.62. The van der Waals surface area contributed by atoms with E-state index in [4.69, 9.17) is 4.74 Å². The van der Waals surface area contributed by atoms with Crippen molar-refractivity contribution in [3.8, 4) is 5.75 Å². The Labute approximate surface area is 148 Å². The number of piperidine rings is 1. The number of hydrogen-bond donors (Lipinski definition) is 1. The summed E-state index contributed by atoms with van der Waals surface area (Å²) in [4.78, 5) is 14.9. The van der Waals surface area contributed by atoms with E-state index >= 15 is 0 Å². The molecule has 0 aromatic heterocycles. The van der Waals surface area contributed by atoms with Crippen LogP contribution in [0.2, 0.25) is 0 Å². The largest absolute Gasteiger partial charge is 0.488 e. The summed E-state index contributed by atoms with van der Waals surface area (Å²) in [6, 6.07) is 15.9. The molecule has 4 heteroatoms. The van der Waals surface area contributed by atoms with Crippen molar-refractivity contribution in [3.05, 3.63) is 59.7 Å². The highest BCUT2D eigenvalue weighted by atomic mass is 16.5. The Morgan fingerprint density at radius 1 is 0.960 bits per heavy atom. The van der Waals surface area contributed by atoms with E-state index in [0.717, 1.165) is 30.1 Å². The van der Waals surface area contributed by atoms with Gasteiger partial charge < -0.3 is 15.0 Å². The lowest BCUT2D eigenvalue weighted by Crippen LogP contribution is -2.29. The van der Waals surface area contributed by atoms with Crippen LogP contribution < -0.4 is 15.0 Å². The zero-order valence-corrected chi connectivity index (χ0v) is 14.2. The Hall–Kier alpha value is -2.75. The lowest BCUT2D eigenvalue weighted by atomic mass is 10.1. The van der Waals surface area contributed by atoms with Crippen LogP contribution in [0.5, 0.6) is 5.75 Å². The second-order valence-electron chi connectivity index (χ2n) is 6.54. The summed E-state index contributed by atoms with van der Waals surface area (Å²) in [5, 5.41) is 2.97. The zero-order chi connectivity index (χ0) is 17.1. The first-order valence-electron chi connectivity index (χ1n) is 8.88. The Morgan fingerprint density at radius 2 is 1.72 bits per heavy atom. The molecule has 0 aliphatic carbocycles. The molecule has 0 radical (unpaired) electrons. The van der Waals surface area contributed by atoms with Gasteiger partial charge in [-0.3, -0.25) is 4.79 Å². The van der Waals surface area contributed by atoms with Crippen molar-refractivity contribution in [2.24, 2.45) is 0 Å². The number of nitrogens with one attached hydrogen (secondary N) is 1. The second-order valence-corrected chi connectivity index (χ2v) is 6.54. The molecule has 25 heavy (non-hydrogen) atoms. The van der Waals surface area contributed by atoms with Gasteiger partial charge in [-0.1, -0.05) is 18.2 Å². The Balaban J connectivity index is 1.43. The van der Waals surface area contributed by atoms with Crippen LogP contribution in [0, 0.1) is 0 Å². The van der Waals surface area contributed by atoms with Gasteiger partial charge in [-0.05, 0) is 55.7 Å². The Bertz CT molecular complexity index is 790. The lowest BCUT2D eigenvalue weighted by Gasteiger charge is -2.28. The first kappa shape index (κ1) is 15.8. The number of benzene rings is 2. The van der Waals surface area contributed by atoms with E-state index in [-0.39, 0.29) is 5.91 Å². The van der Waals surface area contributed by atoms with Crippen molar-refractivity contribution in [1.82, 2.24) is 0 Å². The summed E-state index contributed by atoms with van der Waals surface area (Å²) in [7, 11) is 0. The summed E-state index contributed by atoms with van der Waals surface area (Å²) in [5.74, 6) is 0.713. The molecule has 0 atom stereocenters. The number of rotatable bonds is 3. The molecule has 0 unspecified atom stereocenters. The number of nitrogens with zero attached hydrogens (tertiary/aromatic N) is 1. The van der Waals surface area contributed by atoms with Crippen LogP contribution in [-0.4, -0.2) is 25.6 Å². The highest BCUT2D eigenvalue weighted by Gasteiger charge is 2.17. The van der Waals surface area contributed by atoms with Crippen molar-refractivity contribution in [1.29, 1.82) is 0 Å². The topological polar surface area (TPSA) is 41.6 Å². The molecule has 1 fully saturated rings. The first-order chi connectivity index (χ1) is 12.3. The van der Waals surface area contributed by atoms with E-state index in [2.05, 4.69) is 22.3 Å². The van der Waals surface area contributed by atoms with Gasteiger partial charge in [0.1, 0.15) is 12.4 Å².